The fourth-order valence-corrected chi connectivity index (χ4v) is 3.17. The highest BCUT2D eigenvalue weighted by atomic mass is 32.2. The van der Waals surface area contributed by atoms with Crippen LogP contribution in [0.3, 0.4) is 0 Å². The molecule has 114 valence electrons. The molecule has 1 aromatic carbocycles. The van der Waals surface area contributed by atoms with Crippen molar-refractivity contribution in [1.82, 2.24) is 5.32 Å². The summed E-state index contributed by atoms with van der Waals surface area (Å²) in [5.74, 6) is 0.490. The Morgan fingerprint density at radius 3 is 2.91 bits per heavy atom. The lowest BCUT2D eigenvalue weighted by Crippen LogP contribution is -2.35. The van der Waals surface area contributed by atoms with Gasteiger partial charge in [-0.25, -0.2) is 0 Å². The molecule has 0 heterocycles. The number of amides is 1. The van der Waals surface area contributed by atoms with Crippen LogP contribution in [0.5, 0.6) is 0 Å². The van der Waals surface area contributed by atoms with Gasteiger partial charge in [-0.2, -0.15) is 0 Å². The zero-order chi connectivity index (χ0) is 15.8. The first-order valence-electron chi connectivity index (χ1n) is 7.20. The average molecular weight is 313 g/mol. The van der Waals surface area contributed by atoms with E-state index in [0.717, 1.165) is 18.6 Å². The molecule has 1 atom stereocenters. The minimum Gasteiger partial charge on any atom is -0.345 e. The van der Waals surface area contributed by atoms with Gasteiger partial charge in [-0.1, -0.05) is 42.5 Å². The summed E-state index contributed by atoms with van der Waals surface area (Å²) in [6.45, 7) is 3.78. The Bertz CT molecular complexity index is 619. The van der Waals surface area contributed by atoms with Crippen LogP contribution < -0.4 is 5.32 Å². The topological polar surface area (TPSA) is 46.2 Å². The summed E-state index contributed by atoms with van der Waals surface area (Å²) in [6, 6.07) is 6.65. The fourth-order valence-electron chi connectivity index (χ4n) is 2.12. The Morgan fingerprint density at radius 2 is 2.23 bits per heavy atom. The van der Waals surface area contributed by atoms with Gasteiger partial charge in [0.1, 0.15) is 0 Å². The van der Waals surface area contributed by atoms with Gasteiger partial charge in [0.05, 0.1) is 6.04 Å². The third-order valence-electron chi connectivity index (χ3n) is 3.36. The summed E-state index contributed by atoms with van der Waals surface area (Å²) in [4.78, 5) is 24.6. The molecule has 2 rings (SSSR count). The van der Waals surface area contributed by atoms with Crippen LogP contribution in [0.15, 0.2) is 60.1 Å². The van der Waals surface area contributed by atoms with E-state index in [4.69, 9.17) is 0 Å². The summed E-state index contributed by atoms with van der Waals surface area (Å²) in [5, 5.41) is 2.92. The minimum absolute atomic E-state index is 0.135. The molecule has 0 saturated heterocycles. The number of carbonyl (C=O) groups is 2. The van der Waals surface area contributed by atoms with E-state index in [1.807, 2.05) is 0 Å². The van der Waals surface area contributed by atoms with Crippen molar-refractivity contribution in [3.8, 4) is 0 Å². The van der Waals surface area contributed by atoms with E-state index in [9.17, 15) is 9.59 Å². The average Bonchev–Trinajstić information content (AvgIpc) is 2.59. The molecular weight excluding hydrogens is 294 g/mol. The van der Waals surface area contributed by atoms with Crippen LogP contribution in [0.2, 0.25) is 0 Å². The maximum atomic E-state index is 12.3. The van der Waals surface area contributed by atoms with E-state index in [1.54, 1.807) is 42.1 Å². The van der Waals surface area contributed by atoms with Crippen molar-refractivity contribution < 1.29 is 9.59 Å². The van der Waals surface area contributed by atoms with Gasteiger partial charge >= 0.3 is 0 Å². The molecule has 0 spiro atoms. The molecule has 3 nitrogen and oxygen atoms in total. The van der Waals surface area contributed by atoms with Crippen LogP contribution >= 0.6 is 11.8 Å². The molecule has 0 radical (unpaired) electrons. The smallest absolute Gasteiger partial charge is 0.252 e. The lowest BCUT2D eigenvalue weighted by atomic mass is 10.1. The van der Waals surface area contributed by atoms with Gasteiger partial charge in [-0.15, -0.1) is 18.3 Å². The largest absolute Gasteiger partial charge is 0.345 e. The van der Waals surface area contributed by atoms with Gasteiger partial charge in [0.15, 0.2) is 6.29 Å². The van der Waals surface area contributed by atoms with Gasteiger partial charge in [-0.05, 0) is 23.8 Å². The molecule has 1 aliphatic carbocycles. The maximum absolute atomic E-state index is 12.3. The van der Waals surface area contributed by atoms with E-state index in [2.05, 4.69) is 30.1 Å². The van der Waals surface area contributed by atoms with Crippen molar-refractivity contribution in [1.29, 1.82) is 0 Å². The highest BCUT2D eigenvalue weighted by Crippen LogP contribution is 2.25. The standard InChI is InChI=1S/C18H19NO2S/c1-2-15(13-22-16-9-4-3-5-10-16)19-18(21)17-11-7-6-8-14(17)12-20/h2-4,6-9,11-12,15H,1,5,10,13H2,(H,19,21). The number of rotatable bonds is 7. The first-order chi connectivity index (χ1) is 10.7. The fraction of sp³-hybridized carbons (Fsp3) is 0.222. The van der Waals surface area contributed by atoms with Gasteiger partial charge in [0, 0.05) is 16.9 Å². The Hall–Kier alpha value is -2.07. The molecule has 0 saturated carbocycles. The Kier molecular flexibility index (Phi) is 6.22. The third-order valence-corrected chi connectivity index (χ3v) is 4.59. The molecular formula is C18H19NO2S. The number of benzene rings is 1. The van der Waals surface area contributed by atoms with Crippen LogP contribution in [0.25, 0.3) is 0 Å². The first-order valence-corrected chi connectivity index (χ1v) is 8.19. The predicted octanol–water partition coefficient (Wildman–Crippen LogP) is 3.75. The van der Waals surface area contributed by atoms with E-state index < -0.39 is 0 Å². The number of hydrogen-bond acceptors (Lipinski definition) is 3. The minimum atomic E-state index is -0.245. The summed E-state index contributed by atoms with van der Waals surface area (Å²) in [7, 11) is 0. The SMILES string of the molecule is C=CC(CSC1=CC=CCC1)NC(=O)c1ccccc1C=O. The van der Waals surface area contributed by atoms with Crippen molar-refractivity contribution in [2.75, 3.05) is 5.75 Å². The van der Waals surface area contributed by atoms with Crippen LogP contribution in [0.1, 0.15) is 33.6 Å². The molecule has 1 unspecified atom stereocenters. The second-order valence-electron chi connectivity index (χ2n) is 4.93. The predicted molar refractivity (Wildman–Crippen MR) is 92.2 cm³/mol. The Balaban J connectivity index is 1.95. The van der Waals surface area contributed by atoms with Gasteiger partial charge < -0.3 is 5.32 Å². The molecule has 0 bridgehead atoms. The lowest BCUT2D eigenvalue weighted by Gasteiger charge is -2.16. The summed E-state index contributed by atoms with van der Waals surface area (Å²) >= 11 is 1.73. The zero-order valence-corrected chi connectivity index (χ0v) is 13.1. The second kappa shape index (κ2) is 8.39. The molecule has 1 N–H and O–H groups in total. The Morgan fingerprint density at radius 1 is 1.41 bits per heavy atom. The van der Waals surface area contributed by atoms with E-state index in [0.29, 0.717) is 17.4 Å². The molecule has 1 amide bonds. The number of hydrogen-bond donors (Lipinski definition) is 1. The molecule has 0 aliphatic heterocycles. The number of allylic oxidation sites excluding steroid dienone is 4. The molecule has 22 heavy (non-hydrogen) atoms. The third kappa shape index (κ3) is 4.46. The van der Waals surface area contributed by atoms with Crippen LogP contribution in [0.4, 0.5) is 0 Å². The second-order valence-corrected chi connectivity index (χ2v) is 6.08. The van der Waals surface area contributed by atoms with Crippen molar-refractivity contribution in [2.45, 2.75) is 18.9 Å². The zero-order valence-electron chi connectivity index (χ0n) is 12.3. The monoisotopic (exact) mass is 313 g/mol. The van der Waals surface area contributed by atoms with Crippen molar-refractivity contribution in [2.24, 2.45) is 0 Å². The highest BCUT2D eigenvalue weighted by Gasteiger charge is 2.14. The van der Waals surface area contributed by atoms with E-state index in [1.165, 1.54) is 4.91 Å². The summed E-state index contributed by atoms with van der Waals surface area (Å²) < 4.78 is 0. The number of carbonyl (C=O) groups excluding carboxylic acids is 2. The first kappa shape index (κ1) is 16.3. The van der Waals surface area contributed by atoms with Crippen molar-refractivity contribution in [3.05, 3.63) is 71.2 Å². The van der Waals surface area contributed by atoms with Crippen molar-refractivity contribution in [3.63, 3.8) is 0 Å². The summed E-state index contributed by atoms with van der Waals surface area (Å²) in [5.41, 5.74) is 0.796. The maximum Gasteiger partial charge on any atom is 0.252 e. The molecule has 0 aromatic heterocycles. The molecule has 1 aliphatic rings. The van der Waals surface area contributed by atoms with Gasteiger partial charge in [0.25, 0.3) is 5.91 Å². The number of thioether (sulfide) groups is 1. The number of aldehydes is 1. The van der Waals surface area contributed by atoms with Crippen LogP contribution in [0, 0.1) is 0 Å². The number of nitrogens with one attached hydrogen (secondary N) is 1. The Labute approximate surface area is 135 Å². The van der Waals surface area contributed by atoms with Gasteiger partial charge in [0.2, 0.25) is 0 Å². The molecule has 4 heteroatoms. The van der Waals surface area contributed by atoms with Crippen molar-refractivity contribution >= 4 is 24.0 Å². The molecule has 0 fully saturated rings. The van der Waals surface area contributed by atoms with E-state index in [-0.39, 0.29) is 11.9 Å². The highest BCUT2D eigenvalue weighted by molar-refractivity contribution is 8.03. The van der Waals surface area contributed by atoms with Crippen LogP contribution in [-0.4, -0.2) is 24.0 Å². The van der Waals surface area contributed by atoms with E-state index >= 15 is 0 Å². The lowest BCUT2D eigenvalue weighted by molar-refractivity contribution is 0.0942. The van der Waals surface area contributed by atoms with Crippen LogP contribution in [-0.2, 0) is 0 Å². The molecule has 1 aromatic rings. The quantitative estimate of drug-likeness (QED) is 0.616. The van der Waals surface area contributed by atoms with Gasteiger partial charge in [-0.3, -0.25) is 9.59 Å². The normalized spacial score (nSPS) is 14.8. The summed E-state index contributed by atoms with van der Waals surface area (Å²) in [6.07, 6.45) is 10.9.